The number of halogens is 2. The molecule has 3 aliphatic rings. The van der Waals surface area contributed by atoms with Crippen LogP contribution in [0.3, 0.4) is 0 Å². The summed E-state index contributed by atoms with van der Waals surface area (Å²) in [6.07, 6.45) is 0.852. The lowest BCUT2D eigenvalue weighted by atomic mass is 9.81. The van der Waals surface area contributed by atoms with Crippen LogP contribution in [0.1, 0.15) is 27.1 Å². The third-order valence-electron chi connectivity index (χ3n) is 6.72. The average molecular weight is 562 g/mol. The number of rotatable bonds is 4. The first kappa shape index (κ1) is 21.3. The van der Waals surface area contributed by atoms with Gasteiger partial charge in [0.1, 0.15) is 0 Å². The number of imide groups is 1. The van der Waals surface area contributed by atoms with Crippen LogP contribution in [-0.4, -0.2) is 38.5 Å². The van der Waals surface area contributed by atoms with E-state index in [0.29, 0.717) is 11.4 Å². The average Bonchev–Trinajstić information content (AvgIpc) is 3.38. The van der Waals surface area contributed by atoms with Crippen molar-refractivity contribution < 1.29 is 24.3 Å². The van der Waals surface area contributed by atoms with Gasteiger partial charge in [0.2, 0.25) is 11.8 Å². The highest BCUT2D eigenvalue weighted by molar-refractivity contribution is 9.12. The van der Waals surface area contributed by atoms with Gasteiger partial charge < -0.3 is 10.4 Å². The number of anilines is 2. The Morgan fingerprint density at radius 1 is 0.906 bits per heavy atom. The van der Waals surface area contributed by atoms with Gasteiger partial charge in [-0.25, -0.2) is 4.79 Å². The van der Waals surface area contributed by atoms with Crippen LogP contribution in [0, 0.1) is 23.7 Å². The van der Waals surface area contributed by atoms with Crippen LogP contribution in [0.15, 0.2) is 48.5 Å². The van der Waals surface area contributed by atoms with Crippen molar-refractivity contribution in [2.45, 2.75) is 16.1 Å². The summed E-state index contributed by atoms with van der Waals surface area (Å²) in [6, 6.07) is 12.3. The van der Waals surface area contributed by atoms with Gasteiger partial charge in [-0.2, -0.15) is 0 Å². The zero-order valence-corrected chi connectivity index (χ0v) is 19.7. The summed E-state index contributed by atoms with van der Waals surface area (Å²) in [5.74, 6) is -2.40. The lowest BCUT2D eigenvalue weighted by molar-refractivity contribution is -0.123. The number of hydrogen-bond acceptors (Lipinski definition) is 4. The predicted molar refractivity (Wildman–Crippen MR) is 124 cm³/mol. The number of carboxylic acids is 1. The highest BCUT2D eigenvalue weighted by atomic mass is 79.9. The van der Waals surface area contributed by atoms with E-state index in [2.05, 4.69) is 37.2 Å². The smallest absolute Gasteiger partial charge is 0.335 e. The summed E-state index contributed by atoms with van der Waals surface area (Å²) in [4.78, 5) is 51.9. The molecule has 7 nitrogen and oxygen atoms in total. The van der Waals surface area contributed by atoms with Crippen molar-refractivity contribution in [3.63, 3.8) is 0 Å². The number of fused-ring (bicyclic) bond motifs is 5. The zero-order chi connectivity index (χ0) is 22.7. The molecule has 2 aromatic carbocycles. The molecule has 3 fully saturated rings. The van der Waals surface area contributed by atoms with Gasteiger partial charge in [-0.05, 0) is 54.7 Å². The van der Waals surface area contributed by atoms with Crippen molar-refractivity contribution >= 4 is 66.9 Å². The Kier molecular flexibility index (Phi) is 5.21. The van der Waals surface area contributed by atoms with E-state index in [1.54, 1.807) is 30.3 Å². The molecule has 0 radical (unpaired) electrons. The third-order valence-corrected chi connectivity index (χ3v) is 9.93. The highest BCUT2D eigenvalue weighted by Gasteiger charge is 2.66. The number of carbonyl (C=O) groups is 4. The second-order valence-corrected chi connectivity index (χ2v) is 10.5. The van der Waals surface area contributed by atoms with Crippen molar-refractivity contribution in [2.75, 3.05) is 10.2 Å². The van der Waals surface area contributed by atoms with Crippen molar-refractivity contribution in [3.05, 3.63) is 59.7 Å². The fourth-order valence-electron chi connectivity index (χ4n) is 5.32. The van der Waals surface area contributed by atoms with Crippen LogP contribution < -0.4 is 10.2 Å². The first-order valence-electron chi connectivity index (χ1n) is 10.2. The van der Waals surface area contributed by atoms with Crippen LogP contribution in [0.4, 0.5) is 11.4 Å². The highest BCUT2D eigenvalue weighted by Crippen LogP contribution is 2.60. The molecule has 2 N–H and O–H groups in total. The van der Waals surface area contributed by atoms with Gasteiger partial charge >= 0.3 is 5.97 Å². The number of amides is 3. The van der Waals surface area contributed by atoms with Crippen molar-refractivity contribution in [3.8, 4) is 0 Å². The van der Waals surface area contributed by atoms with Crippen LogP contribution in [0.5, 0.6) is 0 Å². The zero-order valence-electron chi connectivity index (χ0n) is 16.6. The maximum atomic E-state index is 13.2. The van der Waals surface area contributed by atoms with Gasteiger partial charge in [0.15, 0.2) is 0 Å². The van der Waals surface area contributed by atoms with Crippen molar-refractivity contribution in [2.24, 2.45) is 23.7 Å². The van der Waals surface area contributed by atoms with Gasteiger partial charge in [0.25, 0.3) is 5.91 Å². The monoisotopic (exact) mass is 560 g/mol. The van der Waals surface area contributed by atoms with Crippen molar-refractivity contribution in [1.82, 2.24) is 0 Å². The molecule has 2 aromatic rings. The molecule has 0 spiro atoms. The molecule has 0 aromatic heterocycles. The lowest BCUT2D eigenvalue weighted by Gasteiger charge is -2.28. The fraction of sp³-hybridized carbons (Fsp3) is 0.304. The van der Waals surface area contributed by atoms with E-state index in [-0.39, 0.29) is 56.3 Å². The molecule has 9 heteroatoms. The number of hydrogen-bond donors (Lipinski definition) is 2. The summed E-state index contributed by atoms with van der Waals surface area (Å²) < 4.78 is 0. The quantitative estimate of drug-likeness (QED) is 0.435. The molecule has 5 rings (SSSR count). The summed E-state index contributed by atoms with van der Waals surface area (Å²) in [5, 5.41) is 11.8. The van der Waals surface area contributed by atoms with E-state index in [1.807, 2.05) is 0 Å². The number of carbonyl (C=O) groups excluding carboxylic acids is 3. The van der Waals surface area contributed by atoms with Crippen LogP contribution in [-0.2, 0) is 9.59 Å². The second-order valence-electron chi connectivity index (χ2n) is 8.41. The number of nitrogens with zero attached hydrogens (tertiary/aromatic N) is 1. The van der Waals surface area contributed by atoms with Gasteiger partial charge in [0.05, 0.1) is 23.1 Å². The molecular weight excluding hydrogens is 544 g/mol. The molecule has 1 heterocycles. The largest absolute Gasteiger partial charge is 0.478 e. The SMILES string of the molecule is O=C(O)c1cccc(NC(=O)c2cccc(N3C(=O)[C@@H]4[C@H]5C[C@@H]([C@H](Br)[C@@H]5Br)[C@@H]4C3=O)c2)c1. The number of carboxylic acid groups (broad SMARTS) is 1. The fourth-order valence-corrected chi connectivity index (χ4v) is 7.20. The van der Waals surface area contributed by atoms with Crippen molar-refractivity contribution in [1.29, 1.82) is 0 Å². The van der Waals surface area contributed by atoms with Gasteiger partial charge in [0, 0.05) is 20.9 Å². The molecule has 2 aliphatic carbocycles. The molecular formula is C23H18Br2N2O5. The van der Waals surface area contributed by atoms with Crippen LogP contribution in [0.25, 0.3) is 0 Å². The Labute approximate surface area is 200 Å². The summed E-state index contributed by atoms with van der Waals surface area (Å²) in [7, 11) is 0. The van der Waals surface area contributed by atoms with Gasteiger partial charge in [-0.15, -0.1) is 0 Å². The van der Waals surface area contributed by atoms with E-state index in [1.165, 1.54) is 23.1 Å². The molecule has 6 atom stereocenters. The lowest BCUT2D eigenvalue weighted by Crippen LogP contribution is -2.37. The van der Waals surface area contributed by atoms with E-state index in [9.17, 15) is 19.2 Å². The minimum Gasteiger partial charge on any atom is -0.478 e. The number of aromatic carboxylic acids is 1. The minimum atomic E-state index is -1.09. The minimum absolute atomic E-state index is 0.0566. The second kappa shape index (κ2) is 7.81. The molecule has 0 unspecified atom stereocenters. The summed E-state index contributed by atoms with van der Waals surface area (Å²) in [5.41, 5.74) is 1.03. The first-order chi connectivity index (χ1) is 15.3. The number of benzene rings is 2. The molecule has 32 heavy (non-hydrogen) atoms. The Morgan fingerprint density at radius 3 is 2.12 bits per heavy atom. The molecule has 1 aliphatic heterocycles. The Morgan fingerprint density at radius 2 is 1.50 bits per heavy atom. The summed E-state index contributed by atoms with van der Waals surface area (Å²) in [6.45, 7) is 0. The Balaban J connectivity index is 1.39. The van der Waals surface area contributed by atoms with Gasteiger partial charge in [-0.1, -0.05) is 44.0 Å². The van der Waals surface area contributed by atoms with E-state index in [0.717, 1.165) is 6.42 Å². The van der Waals surface area contributed by atoms with E-state index < -0.39 is 11.9 Å². The number of nitrogens with one attached hydrogen (secondary N) is 1. The predicted octanol–water partition coefficient (Wildman–Crippen LogP) is 3.92. The maximum absolute atomic E-state index is 13.2. The summed E-state index contributed by atoms with van der Waals surface area (Å²) >= 11 is 7.36. The Bertz CT molecular complexity index is 1140. The van der Waals surface area contributed by atoms with E-state index in [4.69, 9.17) is 5.11 Å². The normalized spacial score (nSPS) is 30.5. The topological polar surface area (TPSA) is 104 Å². The molecule has 1 saturated heterocycles. The third kappa shape index (κ3) is 3.21. The standard InChI is InChI=1S/C23H18Br2N2O5/c24-18-14-9-15(19(18)25)17-16(14)21(29)27(22(17)30)13-6-2-3-10(8-13)20(28)26-12-5-1-4-11(7-12)23(31)32/h1-8,14-19H,9H2,(H,26,28)(H,31,32)/t14-,15-,16-,17+,18-,19+/m1/s1. The molecule has 3 amide bonds. The first-order valence-corrected chi connectivity index (χ1v) is 12.0. The Hall–Kier alpha value is -2.52. The molecule has 164 valence electrons. The van der Waals surface area contributed by atoms with Gasteiger partial charge in [-0.3, -0.25) is 19.3 Å². The molecule has 2 saturated carbocycles. The van der Waals surface area contributed by atoms with E-state index >= 15 is 0 Å². The number of alkyl halides is 2. The molecule has 2 bridgehead atoms. The van der Waals surface area contributed by atoms with Crippen LogP contribution >= 0.6 is 31.9 Å². The van der Waals surface area contributed by atoms with Crippen LogP contribution in [0.2, 0.25) is 0 Å². The maximum Gasteiger partial charge on any atom is 0.335 e.